The van der Waals surface area contributed by atoms with Crippen LogP contribution < -0.4 is 14.2 Å². The van der Waals surface area contributed by atoms with Crippen LogP contribution in [0, 0.1) is 13.8 Å². The van der Waals surface area contributed by atoms with E-state index < -0.39 is 4.96 Å². The van der Waals surface area contributed by atoms with E-state index in [9.17, 15) is 0 Å². The minimum Gasteiger partial charge on any atom is -0.496 e. The van der Waals surface area contributed by atoms with Gasteiger partial charge in [-0.3, -0.25) is 4.90 Å². The normalized spacial score (nSPS) is 18.1. The van der Waals surface area contributed by atoms with E-state index in [-0.39, 0.29) is 18.1 Å². The van der Waals surface area contributed by atoms with Gasteiger partial charge in [0.05, 0.1) is 59.5 Å². The molecule has 1 fully saturated rings. The lowest BCUT2D eigenvalue weighted by Gasteiger charge is -2.44. The lowest BCUT2D eigenvalue weighted by molar-refractivity contribution is -0.0985. The van der Waals surface area contributed by atoms with Crippen LogP contribution in [0.5, 0.6) is 17.2 Å². The first-order valence-corrected chi connectivity index (χ1v) is 17.6. The molecule has 49 heavy (non-hydrogen) atoms. The Morgan fingerprint density at radius 3 is 1.76 bits per heavy atom. The number of nitrogens with zero attached hydrogens (tertiary/aromatic N) is 1. The van der Waals surface area contributed by atoms with Gasteiger partial charge in [0.2, 0.25) is 0 Å². The molecule has 1 aliphatic rings. The van der Waals surface area contributed by atoms with Crippen molar-refractivity contribution in [3.05, 3.63) is 124 Å². The molecule has 0 spiro atoms. The first-order chi connectivity index (χ1) is 23.8. The minimum atomic E-state index is -0.697. The molecule has 7 nitrogen and oxygen atoms in total. The van der Waals surface area contributed by atoms with Crippen LogP contribution in [0.4, 0.5) is 0 Å². The van der Waals surface area contributed by atoms with Crippen molar-refractivity contribution in [2.75, 3.05) is 40.5 Å². The molecule has 0 radical (unpaired) electrons. The van der Waals surface area contributed by atoms with E-state index in [0.29, 0.717) is 46.1 Å². The molecule has 4 aromatic rings. The number of methoxy groups -OCH3 is 2. The Bertz CT molecular complexity index is 1520. The van der Waals surface area contributed by atoms with Crippen molar-refractivity contribution in [2.45, 2.75) is 63.2 Å². The van der Waals surface area contributed by atoms with Gasteiger partial charge in [0.25, 0.3) is 0 Å². The molecule has 1 unspecified atom stereocenters. The van der Waals surface area contributed by atoms with Gasteiger partial charge in [0, 0.05) is 25.4 Å². The Balaban J connectivity index is 1.29. The molecule has 0 aromatic heterocycles. The van der Waals surface area contributed by atoms with Crippen molar-refractivity contribution in [2.24, 2.45) is 0 Å². The second-order valence-electron chi connectivity index (χ2n) is 12.4. The fourth-order valence-electron chi connectivity index (χ4n) is 6.27. The Kier molecular flexibility index (Phi) is 14.1. The summed E-state index contributed by atoms with van der Waals surface area (Å²) in [6, 6.07) is 30.7. The molecule has 3 atom stereocenters. The Labute approximate surface area is 300 Å². The summed E-state index contributed by atoms with van der Waals surface area (Å²) in [5, 5.41) is 0. The number of hydrogen-bond donors (Lipinski definition) is 0. The molecule has 1 heterocycles. The van der Waals surface area contributed by atoms with Gasteiger partial charge in [-0.15, -0.1) is 0 Å². The van der Waals surface area contributed by atoms with Gasteiger partial charge in [0.1, 0.15) is 17.2 Å². The average molecular weight is 709 g/mol. The molecule has 0 amide bonds. The highest BCUT2D eigenvalue weighted by Gasteiger charge is 2.41. The molecule has 0 bridgehead atoms. The van der Waals surface area contributed by atoms with Gasteiger partial charge >= 0.3 is 0 Å². The monoisotopic (exact) mass is 707 g/mol. The zero-order chi connectivity index (χ0) is 34.6. The number of benzene rings is 4. The molecular weight excluding hydrogens is 661 g/mol. The number of aryl methyl sites for hydroxylation is 2. The van der Waals surface area contributed by atoms with Crippen LogP contribution >= 0.6 is 23.2 Å². The number of ether oxygens (including phenoxy) is 6. The third-order valence-corrected chi connectivity index (χ3v) is 9.38. The lowest BCUT2D eigenvalue weighted by Crippen LogP contribution is -2.53. The van der Waals surface area contributed by atoms with E-state index in [1.54, 1.807) is 14.2 Å². The van der Waals surface area contributed by atoms with Gasteiger partial charge in [0.15, 0.2) is 4.96 Å². The van der Waals surface area contributed by atoms with E-state index in [2.05, 4.69) is 36.4 Å². The first-order valence-electron chi connectivity index (χ1n) is 16.7. The summed E-state index contributed by atoms with van der Waals surface area (Å²) in [7, 11) is 3.36. The van der Waals surface area contributed by atoms with Crippen molar-refractivity contribution in [3.63, 3.8) is 0 Å². The van der Waals surface area contributed by atoms with Crippen LogP contribution in [0.2, 0.25) is 0 Å². The fourth-order valence-corrected chi connectivity index (χ4v) is 6.59. The molecule has 9 heteroatoms. The van der Waals surface area contributed by atoms with Crippen LogP contribution in [0.15, 0.2) is 91.0 Å². The average Bonchev–Trinajstić information content (AvgIpc) is 3.12. The minimum absolute atomic E-state index is 0.0811. The summed E-state index contributed by atoms with van der Waals surface area (Å²) in [6.07, 6.45) is 0.312. The molecule has 0 saturated carbocycles. The predicted octanol–water partition coefficient (Wildman–Crippen LogP) is 8.64. The topological polar surface area (TPSA) is 58.6 Å². The Morgan fingerprint density at radius 2 is 1.24 bits per heavy atom. The van der Waals surface area contributed by atoms with E-state index in [0.717, 1.165) is 51.5 Å². The summed E-state index contributed by atoms with van der Waals surface area (Å²) in [4.78, 5) is 1.31. The lowest BCUT2D eigenvalue weighted by atomic mass is 9.84. The van der Waals surface area contributed by atoms with Gasteiger partial charge < -0.3 is 28.4 Å². The van der Waals surface area contributed by atoms with Gasteiger partial charge in [-0.25, -0.2) is 0 Å². The highest BCUT2D eigenvalue weighted by molar-refractivity contribution is 6.43. The van der Waals surface area contributed by atoms with E-state index in [1.165, 1.54) is 5.56 Å². The standard InChI is InChI=1S/C40H47Cl2NO6/c1-28-21-31(11-17-35(28)44-3)26-48-37-23-43(40(41)42)24-38(49-27-32-12-18-36(45-4)29(2)22-32)39(37)33-13-15-34(16-14-33)47-20-8-19-46-25-30-9-6-5-7-10-30/h5-7,9-18,21-22,37-40H,8,19-20,23-27H2,1-4H3/t37-,38+,39?. The first kappa shape index (κ1) is 37.0. The van der Waals surface area contributed by atoms with E-state index in [4.69, 9.17) is 51.6 Å². The highest BCUT2D eigenvalue weighted by atomic mass is 35.5. The molecule has 1 saturated heterocycles. The second-order valence-corrected chi connectivity index (χ2v) is 13.4. The quantitative estimate of drug-likeness (QED) is 0.0619. The Hall–Kier alpha value is -3.30. The summed E-state index contributed by atoms with van der Waals surface area (Å²) in [5.74, 6) is 2.43. The molecule has 0 aliphatic carbocycles. The molecule has 1 aliphatic heterocycles. The fraction of sp³-hybridized carbons (Fsp3) is 0.400. The number of alkyl halides is 2. The summed E-state index contributed by atoms with van der Waals surface area (Å²) in [6.45, 7) is 7.83. The summed E-state index contributed by atoms with van der Waals surface area (Å²) < 4.78 is 36.2. The smallest absolute Gasteiger partial charge is 0.160 e. The summed E-state index contributed by atoms with van der Waals surface area (Å²) in [5.41, 5.74) is 6.50. The van der Waals surface area contributed by atoms with Crippen LogP contribution in [0.3, 0.4) is 0 Å². The van der Waals surface area contributed by atoms with Crippen molar-refractivity contribution in [1.82, 2.24) is 4.90 Å². The molecule has 5 rings (SSSR count). The van der Waals surface area contributed by atoms with Gasteiger partial charge in [-0.05, 0) is 71.5 Å². The van der Waals surface area contributed by atoms with Gasteiger partial charge in [-0.2, -0.15) is 0 Å². The second kappa shape index (κ2) is 18.6. The molecule has 4 aromatic carbocycles. The maximum absolute atomic E-state index is 6.70. The maximum Gasteiger partial charge on any atom is 0.160 e. The number of halogens is 2. The summed E-state index contributed by atoms with van der Waals surface area (Å²) >= 11 is 13.0. The van der Waals surface area contributed by atoms with Crippen LogP contribution in [-0.4, -0.2) is 62.6 Å². The number of hydrogen-bond acceptors (Lipinski definition) is 7. The highest BCUT2D eigenvalue weighted by Crippen LogP contribution is 2.36. The van der Waals surface area contributed by atoms with Crippen LogP contribution in [-0.2, 0) is 34.0 Å². The van der Waals surface area contributed by atoms with E-state index >= 15 is 0 Å². The zero-order valence-corrected chi connectivity index (χ0v) is 30.3. The molecule has 262 valence electrons. The van der Waals surface area contributed by atoms with Crippen molar-refractivity contribution < 1.29 is 28.4 Å². The third kappa shape index (κ3) is 10.6. The number of rotatable bonds is 17. The zero-order valence-electron chi connectivity index (χ0n) is 28.8. The van der Waals surface area contributed by atoms with Gasteiger partial charge in [-0.1, -0.05) is 89.9 Å². The van der Waals surface area contributed by atoms with Crippen molar-refractivity contribution in [1.29, 1.82) is 0 Å². The predicted molar refractivity (Wildman–Crippen MR) is 195 cm³/mol. The van der Waals surface area contributed by atoms with Crippen molar-refractivity contribution in [3.8, 4) is 17.2 Å². The van der Waals surface area contributed by atoms with E-state index in [1.807, 2.05) is 73.3 Å². The van der Waals surface area contributed by atoms with Crippen LogP contribution in [0.25, 0.3) is 0 Å². The molecule has 0 N–H and O–H groups in total. The Morgan fingerprint density at radius 1 is 0.673 bits per heavy atom. The molecular formula is C40H47Cl2NO6. The largest absolute Gasteiger partial charge is 0.496 e. The maximum atomic E-state index is 6.70. The van der Waals surface area contributed by atoms with Crippen LogP contribution in [0.1, 0.15) is 45.7 Å². The van der Waals surface area contributed by atoms with Crippen molar-refractivity contribution >= 4 is 23.2 Å². The SMILES string of the molecule is COc1ccc(CO[C@H]2CN(C(Cl)Cl)C[C@@H](OCc3ccc(OC)c(C)c3)C2c2ccc(OCCCOCc3ccccc3)cc2)cc1C. The number of likely N-dealkylation sites (tertiary alicyclic amines) is 1. The number of piperidine rings is 1. The third-order valence-electron chi connectivity index (χ3n) is 8.83.